The second-order valence-corrected chi connectivity index (χ2v) is 15.2. The minimum Gasteiger partial charge on any atom is -0.475 e. The number of halogens is 12. The van der Waals surface area contributed by atoms with Crippen molar-refractivity contribution in [3.63, 3.8) is 0 Å². The van der Waals surface area contributed by atoms with Crippen LogP contribution in [0.5, 0.6) is 0 Å². The Morgan fingerprint density at radius 3 is 1.20 bits per heavy atom. The number of benzene rings is 3. The number of aliphatic carboxylic acids is 4. The number of rotatable bonds is 4. The largest absolute Gasteiger partial charge is 0.490 e. The molecule has 0 unspecified atom stereocenters. The number of nitrogens with two attached hydrogens (primary N) is 2. The van der Waals surface area contributed by atoms with Crippen LogP contribution in [-0.4, -0.2) is 160 Å². The van der Waals surface area contributed by atoms with Gasteiger partial charge in [-0.2, -0.15) is 52.7 Å². The van der Waals surface area contributed by atoms with Gasteiger partial charge < -0.3 is 53.2 Å². The molecule has 21 nitrogen and oxygen atoms in total. The minimum atomic E-state index is -5.08. The number of nitrogens with one attached hydrogen (secondary N) is 5. The molecule has 0 spiro atoms. The highest BCUT2D eigenvalue weighted by Crippen LogP contribution is 2.17. The highest BCUT2D eigenvalue weighted by atomic mass is 19.4. The Balaban J connectivity index is 0.000000815. The normalized spacial score (nSPS) is 18.3. The van der Waals surface area contributed by atoms with Crippen molar-refractivity contribution in [3.05, 3.63) is 95.1 Å². The molecule has 414 valence electrons. The fraction of sp³-hybridized carbons (Fsp3) is 0.357. The van der Waals surface area contributed by atoms with Gasteiger partial charge in [-0.3, -0.25) is 34.4 Å². The molecule has 0 aromatic heterocycles. The lowest BCUT2D eigenvalue weighted by Gasteiger charge is -2.33. The highest BCUT2D eigenvalue weighted by Gasteiger charge is 2.40. The van der Waals surface area contributed by atoms with E-state index in [1.165, 1.54) is 0 Å². The summed E-state index contributed by atoms with van der Waals surface area (Å²) in [7, 11) is 0. The first-order chi connectivity index (χ1) is 34.4. The molecule has 3 aromatic rings. The Morgan fingerprint density at radius 2 is 0.893 bits per heavy atom. The molecule has 1 fully saturated rings. The van der Waals surface area contributed by atoms with E-state index in [-0.39, 0.29) is 56.0 Å². The van der Waals surface area contributed by atoms with E-state index in [0.29, 0.717) is 43.1 Å². The van der Waals surface area contributed by atoms with Gasteiger partial charge in [-0.1, -0.05) is 48.5 Å². The van der Waals surface area contributed by atoms with E-state index < -0.39 is 66.6 Å². The maximum absolute atomic E-state index is 13.4. The van der Waals surface area contributed by atoms with Crippen LogP contribution in [0.15, 0.2) is 72.8 Å². The predicted octanol–water partition coefficient (Wildman–Crippen LogP) is 2.93. The van der Waals surface area contributed by atoms with Crippen molar-refractivity contribution in [1.29, 1.82) is 5.41 Å². The number of fused-ring (bicyclic) bond motifs is 1. The van der Waals surface area contributed by atoms with Crippen LogP contribution in [0.3, 0.4) is 0 Å². The molecule has 3 aromatic carbocycles. The Bertz CT molecular complexity index is 2340. The van der Waals surface area contributed by atoms with E-state index in [4.69, 9.17) is 56.5 Å². The average molecular weight is 1100 g/mol. The Hall–Kier alpha value is -8.07. The van der Waals surface area contributed by atoms with Crippen molar-refractivity contribution in [2.45, 2.75) is 56.2 Å². The van der Waals surface area contributed by atoms with Crippen LogP contribution < -0.4 is 32.7 Å². The monoisotopic (exact) mass is 1100 g/mol. The standard InChI is InChI=1S/C34H41N9O4.4C2HF3O2/c35-28-17-22-3-9-26(10-4-22)39-30(44)20-42-13-15-43(16-14-42)21-31(45)40-27-11-5-23(6-12-27)18-29(41-33(28)46)34(47)38-19-24-1-7-25(8-2-24)32(36)37;4*3-2(4,5)1(6)7/h1-12,28-29H,13-21,35H2,(H3,36,37)(H,38,47)(H,39,44)(H,40,45)(H,41,46);4*(H,6,7)/t28-,29+;;;;/m1..../s1. The third-order valence-corrected chi connectivity index (χ3v) is 9.24. The average Bonchev–Trinajstić information content (AvgIpc) is 3.29. The third-order valence-electron chi connectivity index (χ3n) is 9.24. The summed E-state index contributed by atoms with van der Waals surface area (Å²) in [6.07, 6.45) is -19.9. The topological polar surface area (TPSA) is 348 Å². The fourth-order valence-electron chi connectivity index (χ4n) is 5.55. The number of piperazine rings is 1. The second-order valence-electron chi connectivity index (χ2n) is 15.2. The van der Waals surface area contributed by atoms with Crippen LogP contribution in [-0.2, 0) is 57.7 Å². The number of nitrogens with zero attached hydrogens (tertiary/aromatic N) is 2. The first kappa shape index (κ1) is 64.9. The zero-order valence-electron chi connectivity index (χ0n) is 38.1. The lowest BCUT2D eigenvalue weighted by atomic mass is 10.0. The Morgan fingerprint density at radius 1 is 0.573 bits per heavy atom. The van der Waals surface area contributed by atoms with Crippen molar-refractivity contribution in [1.82, 2.24) is 20.4 Å². The van der Waals surface area contributed by atoms with Gasteiger partial charge in [0.25, 0.3) is 0 Å². The summed E-state index contributed by atoms with van der Waals surface area (Å²) < 4.78 is 127. The zero-order chi connectivity index (χ0) is 57.6. The number of nitrogen functional groups attached to an aromatic ring is 1. The summed E-state index contributed by atoms with van der Waals surface area (Å²) in [5, 5.41) is 47.6. The maximum Gasteiger partial charge on any atom is 0.490 e. The number of carbonyl (C=O) groups is 8. The van der Waals surface area contributed by atoms with Gasteiger partial charge in [-0.15, -0.1) is 0 Å². The summed E-state index contributed by atoms with van der Waals surface area (Å²) >= 11 is 0. The molecule has 0 aliphatic carbocycles. The van der Waals surface area contributed by atoms with Gasteiger partial charge >= 0.3 is 48.6 Å². The number of carbonyl (C=O) groups excluding carboxylic acids is 4. The van der Waals surface area contributed by atoms with Gasteiger partial charge in [0.1, 0.15) is 11.9 Å². The molecule has 6 heterocycles. The maximum atomic E-state index is 13.4. The van der Waals surface area contributed by atoms with E-state index in [1.54, 1.807) is 48.5 Å². The van der Waals surface area contributed by atoms with Crippen LogP contribution in [0.25, 0.3) is 0 Å². The van der Waals surface area contributed by atoms with E-state index >= 15 is 0 Å². The Labute approximate surface area is 414 Å². The zero-order valence-corrected chi connectivity index (χ0v) is 38.1. The number of hydrogen-bond acceptors (Lipinski definition) is 12. The first-order valence-corrected chi connectivity index (χ1v) is 20.6. The minimum absolute atomic E-state index is 0.0453. The van der Waals surface area contributed by atoms with Crippen molar-refractivity contribution in [2.24, 2.45) is 11.5 Å². The lowest BCUT2D eigenvalue weighted by molar-refractivity contribution is -0.193. The molecule has 6 aliphatic rings. The van der Waals surface area contributed by atoms with Gasteiger partial charge in [0, 0.05) is 56.1 Å². The van der Waals surface area contributed by atoms with E-state index in [1.807, 2.05) is 24.3 Å². The summed E-state index contributed by atoms with van der Waals surface area (Å²) in [6, 6.07) is 19.4. The van der Waals surface area contributed by atoms with Crippen LogP contribution in [0.2, 0.25) is 0 Å². The van der Waals surface area contributed by atoms with E-state index in [0.717, 1.165) is 16.7 Å². The van der Waals surface area contributed by atoms with Gasteiger partial charge in [0.05, 0.1) is 19.1 Å². The molecular weight excluding hydrogens is 1050 g/mol. The summed E-state index contributed by atoms with van der Waals surface area (Å²) in [6.45, 7) is 3.39. The SMILES string of the molecule is N=C(N)c1ccc(CNC(=O)[C@@H]2Cc3ccc(cc3)NC(=O)CN3CCN(CC3)CC(=O)Nc3ccc(cc3)C[C@@H](N)C(=O)N2)cc1.O=C(O)C(F)(F)F.O=C(O)C(F)(F)F.O=C(O)C(F)(F)F.O=C(O)C(F)(F)F. The number of carboxylic acid groups (broad SMARTS) is 4. The number of alkyl halides is 12. The number of carboxylic acids is 4. The first-order valence-electron chi connectivity index (χ1n) is 20.6. The van der Waals surface area contributed by atoms with Gasteiger partial charge in [0.15, 0.2) is 0 Å². The molecule has 0 saturated carbocycles. The molecule has 33 heteroatoms. The molecule has 13 N–H and O–H groups in total. The van der Waals surface area contributed by atoms with Gasteiger partial charge in [-0.25, -0.2) is 19.2 Å². The molecule has 4 amide bonds. The molecule has 1 saturated heterocycles. The molecule has 0 radical (unpaired) electrons. The fourth-order valence-corrected chi connectivity index (χ4v) is 5.55. The number of hydrogen-bond donors (Lipinski definition) is 11. The number of amidine groups is 1. The smallest absolute Gasteiger partial charge is 0.475 e. The molecule has 6 aliphatic heterocycles. The molecule has 75 heavy (non-hydrogen) atoms. The van der Waals surface area contributed by atoms with E-state index in [2.05, 4.69) is 31.1 Å². The third kappa shape index (κ3) is 26.5. The van der Waals surface area contributed by atoms with Crippen LogP contribution in [0.1, 0.15) is 22.3 Å². The predicted molar refractivity (Wildman–Crippen MR) is 234 cm³/mol. The van der Waals surface area contributed by atoms with Crippen LogP contribution >= 0.6 is 0 Å². The molecular formula is C42H45F12N9O12. The van der Waals surface area contributed by atoms with Gasteiger partial charge in [-0.05, 0) is 47.4 Å². The second kappa shape index (κ2) is 29.0. The lowest BCUT2D eigenvalue weighted by Crippen LogP contribution is -2.52. The Kier molecular flexibility index (Phi) is 25.1. The van der Waals surface area contributed by atoms with Crippen molar-refractivity contribution in [2.75, 3.05) is 49.9 Å². The molecule has 6 bridgehead atoms. The van der Waals surface area contributed by atoms with Crippen molar-refractivity contribution in [3.8, 4) is 0 Å². The van der Waals surface area contributed by atoms with Crippen molar-refractivity contribution < 1.29 is 111 Å². The molecule has 2 atom stereocenters. The van der Waals surface area contributed by atoms with E-state index in [9.17, 15) is 71.9 Å². The highest BCUT2D eigenvalue weighted by molar-refractivity contribution is 5.95. The summed E-state index contributed by atoms with van der Waals surface area (Å²) in [5.41, 5.74) is 16.1. The summed E-state index contributed by atoms with van der Waals surface area (Å²) in [5.74, 6) is -12.2. The summed E-state index contributed by atoms with van der Waals surface area (Å²) in [4.78, 5) is 91.8. The number of amides is 4. The van der Waals surface area contributed by atoms with Crippen molar-refractivity contribution >= 4 is 64.7 Å². The van der Waals surface area contributed by atoms with Crippen LogP contribution in [0.4, 0.5) is 64.1 Å². The quantitative estimate of drug-likeness (QED) is 0.102. The number of anilines is 2. The molecule has 9 rings (SSSR count). The van der Waals surface area contributed by atoms with Gasteiger partial charge in [0.2, 0.25) is 23.6 Å². The van der Waals surface area contributed by atoms with Crippen LogP contribution in [0, 0.1) is 5.41 Å².